The van der Waals surface area contributed by atoms with E-state index in [0.29, 0.717) is 27.8 Å². The number of nitrogens with zero attached hydrogens (tertiary/aromatic N) is 1. The maximum atomic E-state index is 12.0. The molecule has 0 bridgehead atoms. The summed E-state index contributed by atoms with van der Waals surface area (Å²) in [7, 11) is 0. The van der Waals surface area contributed by atoms with Crippen LogP contribution in [0.1, 0.15) is 21.6 Å². The lowest BCUT2D eigenvalue weighted by Crippen LogP contribution is -2.14. The van der Waals surface area contributed by atoms with Crippen molar-refractivity contribution < 1.29 is 4.79 Å². The number of aromatic amines is 1. The molecule has 0 aliphatic heterocycles. The van der Waals surface area contributed by atoms with Crippen LogP contribution in [-0.4, -0.2) is 16.1 Å². The lowest BCUT2D eigenvalue weighted by molar-refractivity contribution is 0.102. The van der Waals surface area contributed by atoms with Gasteiger partial charge in [-0.25, -0.2) is 0 Å². The van der Waals surface area contributed by atoms with Crippen LogP contribution in [0.15, 0.2) is 18.2 Å². The number of nitrogens with one attached hydrogen (secondary N) is 2. The number of amides is 1. The molecule has 0 aliphatic rings. The molecule has 0 spiro atoms. The minimum absolute atomic E-state index is 0.315. The topological polar surface area (TPSA) is 83.8 Å². The van der Waals surface area contributed by atoms with Crippen molar-refractivity contribution in [3.63, 3.8) is 0 Å². The summed E-state index contributed by atoms with van der Waals surface area (Å²) in [6.07, 6.45) is 0. The number of carbonyl (C=O) groups excluding carboxylic acids is 1. The molecule has 0 saturated heterocycles. The molecule has 2 aromatic rings. The zero-order valence-corrected chi connectivity index (χ0v) is 10.8. The van der Waals surface area contributed by atoms with Gasteiger partial charge in [0.1, 0.15) is 0 Å². The highest BCUT2D eigenvalue weighted by molar-refractivity contribution is 6.35. The zero-order valence-electron chi connectivity index (χ0n) is 10.0. The zero-order chi connectivity index (χ0) is 13.3. The van der Waals surface area contributed by atoms with Crippen LogP contribution < -0.4 is 11.1 Å². The van der Waals surface area contributed by atoms with E-state index in [1.807, 2.05) is 13.0 Å². The molecular formula is C12H13ClN4O. The summed E-state index contributed by atoms with van der Waals surface area (Å²) in [6, 6.07) is 5.27. The second-order valence-electron chi connectivity index (χ2n) is 4.00. The predicted octanol–water partition coefficient (Wildman–Crippen LogP) is 2.51. The third-order valence-electron chi connectivity index (χ3n) is 2.66. The smallest absolute Gasteiger partial charge is 0.258 e. The molecule has 18 heavy (non-hydrogen) atoms. The number of halogens is 1. The highest BCUT2D eigenvalue weighted by atomic mass is 35.5. The summed E-state index contributed by atoms with van der Waals surface area (Å²) in [5, 5.41) is 9.66. The van der Waals surface area contributed by atoms with Crippen LogP contribution in [0, 0.1) is 13.8 Å². The van der Waals surface area contributed by atoms with E-state index in [9.17, 15) is 4.79 Å². The molecule has 1 aromatic heterocycles. The van der Waals surface area contributed by atoms with Crippen molar-refractivity contribution in [2.45, 2.75) is 13.8 Å². The van der Waals surface area contributed by atoms with Crippen LogP contribution in [0.25, 0.3) is 0 Å². The lowest BCUT2D eigenvalue weighted by atomic mass is 10.1. The third-order valence-corrected chi connectivity index (χ3v) is 3.16. The Bertz CT molecular complexity index is 606. The Balaban J connectivity index is 2.28. The largest absolute Gasteiger partial charge is 0.394 e. The van der Waals surface area contributed by atoms with Gasteiger partial charge in [-0.3, -0.25) is 9.89 Å². The van der Waals surface area contributed by atoms with Crippen molar-refractivity contribution in [2.24, 2.45) is 0 Å². The fourth-order valence-corrected chi connectivity index (χ4v) is 1.74. The van der Waals surface area contributed by atoms with Crippen LogP contribution in [-0.2, 0) is 0 Å². The Kier molecular flexibility index (Phi) is 3.25. The number of aromatic nitrogens is 2. The van der Waals surface area contributed by atoms with Gasteiger partial charge >= 0.3 is 0 Å². The van der Waals surface area contributed by atoms with E-state index in [0.717, 1.165) is 5.56 Å². The first kappa shape index (κ1) is 12.4. The van der Waals surface area contributed by atoms with Gasteiger partial charge in [-0.1, -0.05) is 23.7 Å². The first-order valence-corrected chi connectivity index (χ1v) is 5.75. The van der Waals surface area contributed by atoms with Crippen molar-refractivity contribution in [1.29, 1.82) is 0 Å². The number of nitrogens with two attached hydrogens (primary N) is 1. The molecule has 2 rings (SSSR count). The van der Waals surface area contributed by atoms with Gasteiger partial charge in [-0.05, 0) is 25.5 Å². The minimum Gasteiger partial charge on any atom is -0.394 e. The maximum absolute atomic E-state index is 12.0. The van der Waals surface area contributed by atoms with Crippen LogP contribution in [0.3, 0.4) is 0 Å². The predicted molar refractivity (Wildman–Crippen MR) is 71.9 cm³/mol. The molecule has 0 saturated carbocycles. The van der Waals surface area contributed by atoms with Crippen molar-refractivity contribution in [3.05, 3.63) is 40.0 Å². The second-order valence-corrected chi connectivity index (χ2v) is 4.38. The number of carbonyl (C=O) groups is 1. The van der Waals surface area contributed by atoms with E-state index < -0.39 is 0 Å². The fraction of sp³-hybridized carbons (Fsp3) is 0.167. The number of benzene rings is 1. The van der Waals surface area contributed by atoms with E-state index >= 15 is 0 Å². The normalized spacial score (nSPS) is 10.4. The summed E-state index contributed by atoms with van der Waals surface area (Å²) in [5.74, 6) is -0.0167. The summed E-state index contributed by atoms with van der Waals surface area (Å²) < 4.78 is 0. The molecule has 1 heterocycles. The summed E-state index contributed by atoms with van der Waals surface area (Å²) >= 11 is 6.08. The van der Waals surface area contributed by atoms with E-state index in [1.54, 1.807) is 19.1 Å². The van der Waals surface area contributed by atoms with Gasteiger partial charge in [-0.2, -0.15) is 5.10 Å². The monoisotopic (exact) mass is 264 g/mol. The first-order valence-electron chi connectivity index (χ1n) is 5.37. The highest BCUT2D eigenvalue weighted by Gasteiger charge is 2.15. The molecule has 0 aliphatic carbocycles. The van der Waals surface area contributed by atoms with Gasteiger partial charge in [0, 0.05) is 0 Å². The van der Waals surface area contributed by atoms with E-state index in [2.05, 4.69) is 15.5 Å². The van der Waals surface area contributed by atoms with Gasteiger partial charge < -0.3 is 11.1 Å². The first-order chi connectivity index (χ1) is 8.50. The Morgan fingerprint density at radius 1 is 1.44 bits per heavy atom. The number of aryl methyl sites for hydroxylation is 2. The SMILES string of the molecule is Cc1cccc(C(=O)Nc2n[nH]c(C)c2N)c1Cl. The number of rotatable bonds is 2. The standard InChI is InChI=1S/C12H13ClN4O/c1-6-4-3-5-8(9(6)13)12(18)15-11-10(14)7(2)16-17-11/h3-5H,14H2,1-2H3,(H2,15,16,17,18). The highest BCUT2D eigenvalue weighted by Crippen LogP contribution is 2.23. The van der Waals surface area contributed by atoms with Crippen LogP contribution in [0.4, 0.5) is 11.5 Å². The Hall–Kier alpha value is -2.01. The van der Waals surface area contributed by atoms with E-state index in [-0.39, 0.29) is 5.91 Å². The molecule has 1 amide bonds. The Morgan fingerprint density at radius 2 is 2.17 bits per heavy atom. The van der Waals surface area contributed by atoms with Crippen molar-refractivity contribution in [1.82, 2.24) is 10.2 Å². The molecule has 5 nitrogen and oxygen atoms in total. The molecule has 1 aromatic carbocycles. The molecular weight excluding hydrogens is 252 g/mol. The second kappa shape index (κ2) is 4.70. The molecule has 94 valence electrons. The molecule has 6 heteroatoms. The molecule has 0 atom stereocenters. The number of anilines is 2. The Morgan fingerprint density at radius 3 is 2.78 bits per heavy atom. The number of nitrogen functional groups attached to an aromatic ring is 1. The van der Waals surface area contributed by atoms with Crippen LogP contribution >= 0.6 is 11.6 Å². The van der Waals surface area contributed by atoms with E-state index in [4.69, 9.17) is 17.3 Å². The number of hydrogen-bond acceptors (Lipinski definition) is 3. The molecule has 0 fully saturated rings. The van der Waals surface area contributed by atoms with Gasteiger partial charge in [0.2, 0.25) is 0 Å². The third kappa shape index (κ3) is 2.17. The van der Waals surface area contributed by atoms with Crippen LogP contribution in [0.5, 0.6) is 0 Å². The lowest BCUT2D eigenvalue weighted by Gasteiger charge is -2.06. The van der Waals surface area contributed by atoms with E-state index in [1.165, 1.54) is 0 Å². The average Bonchev–Trinajstić information content (AvgIpc) is 2.64. The Labute approximate surface area is 109 Å². The molecule has 0 unspecified atom stereocenters. The van der Waals surface area contributed by atoms with Crippen molar-refractivity contribution in [2.75, 3.05) is 11.1 Å². The van der Waals surface area contributed by atoms with Crippen LogP contribution in [0.2, 0.25) is 5.02 Å². The van der Waals surface area contributed by atoms with Gasteiger partial charge in [-0.15, -0.1) is 0 Å². The van der Waals surface area contributed by atoms with Gasteiger partial charge in [0.25, 0.3) is 5.91 Å². The molecule has 4 N–H and O–H groups in total. The average molecular weight is 265 g/mol. The van der Waals surface area contributed by atoms with Crippen molar-refractivity contribution >= 4 is 29.0 Å². The maximum Gasteiger partial charge on any atom is 0.258 e. The summed E-state index contributed by atoms with van der Waals surface area (Å²) in [4.78, 5) is 12.0. The van der Waals surface area contributed by atoms with Gasteiger partial charge in [0.15, 0.2) is 5.82 Å². The fourth-order valence-electron chi connectivity index (χ4n) is 1.53. The van der Waals surface area contributed by atoms with Gasteiger partial charge in [0.05, 0.1) is 22.0 Å². The number of hydrogen-bond donors (Lipinski definition) is 3. The number of H-pyrrole nitrogens is 1. The summed E-state index contributed by atoms with van der Waals surface area (Å²) in [6.45, 7) is 3.61. The quantitative estimate of drug-likeness (QED) is 0.779. The summed E-state index contributed by atoms with van der Waals surface area (Å²) in [5.41, 5.74) is 8.13. The van der Waals surface area contributed by atoms with Crippen molar-refractivity contribution in [3.8, 4) is 0 Å². The minimum atomic E-state index is -0.332. The molecule has 0 radical (unpaired) electrons.